The Bertz CT molecular complexity index is 903. The molecule has 0 saturated carbocycles. The Labute approximate surface area is 202 Å². The number of fused-ring (bicyclic) bond motifs is 1. The van der Waals surface area contributed by atoms with E-state index in [4.69, 9.17) is 0 Å². The van der Waals surface area contributed by atoms with Crippen LogP contribution in [0, 0.1) is 5.92 Å². The maximum absolute atomic E-state index is 12.9. The Balaban J connectivity index is 1.02. The molecule has 3 aliphatic heterocycles. The molecule has 1 N–H and O–H groups in total. The van der Waals surface area contributed by atoms with Gasteiger partial charge in [-0.05, 0) is 95.2 Å². The van der Waals surface area contributed by atoms with Crippen LogP contribution in [0.25, 0.3) is 10.1 Å². The van der Waals surface area contributed by atoms with Crippen molar-refractivity contribution in [3.05, 3.63) is 23.7 Å². The zero-order valence-corrected chi connectivity index (χ0v) is 20.7. The summed E-state index contributed by atoms with van der Waals surface area (Å²) in [7, 11) is 0. The van der Waals surface area contributed by atoms with Crippen molar-refractivity contribution in [1.29, 1.82) is 0 Å². The second-order valence-corrected chi connectivity index (χ2v) is 11.0. The van der Waals surface area contributed by atoms with E-state index in [1.165, 1.54) is 68.4 Å². The molecule has 5 heterocycles. The van der Waals surface area contributed by atoms with E-state index < -0.39 is 0 Å². The molecule has 2 aromatic heterocycles. The number of nitrogens with one attached hydrogen (secondary N) is 1. The Morgan fingerprint density at radius 2 is 1.88 bits per heavy atom. The molecule has 0 aliphatic carbocycles. The summed E-state index contributed by atoms with van der Waals surface area (Å²) in [4.78, 5) is 25.2. The quantitative estimate of drug-likeness (QED) is 0.622. The SMILES string of the molecule is O=C(NCCCN1CCC(N2CCCCC2)CC1)C1CCCN(c2nccc3sccc23)C1. The lowest BCUT2D eigenvalue weighted by molar-refractivity contribution is -0.125. The van der Waals surface area contributed by atoms with E-state index in [1.54, 1.807) is 11.3 Å². The largest absolute Gasteiger partial charge is 0.356 e. The highest BCUT2D eigenvalue weighted by Gasteiger charge is 2.28. The zero-order chi connectivity index (χ0) is 22.5. The topological polar surface area (TPSA) is 51.7 Å². The number of hydrogen-bond donors (Lipinski definition) is 1. The first-order valence-corrected chi connectivity index (χ1v) is 14.0. The second-order valence-electron chi connectivity index (χ2n) is 10.1. The molecule has 33 heavy (non-hydrogen) atoms. The summed E-state index contributed by atoms with van der Waals surface area (Å²) >= 11 is 1.75. The first-order chi connectivity index (χ1) is 16.3. The van der Waals surface area contributed by atoms with Gasteiger partial charge in [-0.2, -0.15) is 0 Å². The molecule has 0 radical (unpaired) electrons. The Kier molecular flexibility index (Phi) is 7.79. The van der Waals surface area contributed by atoms with Crippen LogP contribution >= 0.6 is 11.3 Å². The highest BCUT2D eigenvalue weighted by Crippen LogP contribution is 2.31. The van der Waals surface area contributed by atoms with Gasteiger partial charge in [0, 0.05) is 42.0 Å². The van der Waals surface area contributed by atoms with Crippen molar-refractivity contribution in [2.24, 2.45) is 5.92 Å². The molecule has 1 atom stereocenters. The molecule has 6 nitrogen and oxygen atoms in total. The summed E-state index contributed by atoms with van der Waals surface area (Å²) in [5.41, 5.74) is 0. The number of thiophene rings is 1. The minimum atomic E-state index is 0.0646. The predicted octanol–water partition coefficient (Wildman–Crippen LogP) is 3.97. The van der Waals surface area contributed by atoms with Crippen LogP contribution in [0.2, 0.25) is 0 Å². The van der Waals surface area contributed by atoms with Crippen LogP contribution in [0.5, 0.6) is 0 Å². The van der Waals surface area contributed by atoms with Gasteiger partial charge in [-0.1, -0.05) is 6.42 Å². The van der Waals surface area contributed by atoms with E-state index in [0.29, 0.717) is 0 Å². The number of pyridine rings is 1. The Morgan fingerprint density at radius 1 is 1.03 bits per heavy atom. The van der Waals surface area contributed by atoms with Gasteiger partial charge in [0.2, 0.25) is 5.91 Å². The summed E-state index contributed by atoms with van der Waals surface area (Å²) in [5, 5.41) is 6.58. The standard InChI is InChI=1S/C26H39N5OS/c32-26(21-6-4-16-31(20-21)25-23-10-19-33-24(23)7-12-27-25)28-11-5-13-29-17-8-22(9-18-29)30-14-2-1-3-15-30/h7,10,12,19,21-22H,1-6,8-9,11,13-18,20H2,(H,28,32). The Morgan fingerprint density at radius 3 is 2.73 bits per heavy atom. The summed E-state index contributed by atoms with van der Waals surface area (Å²) < 4.78 is 1.27. The third-order valence-corrected chi connectivity index (χ3v) is 8.75. The van der Waals surface area contributed by atoms with Gasteiger partial charge in [-0.25, -0.2) is 4.98 Å². The van der Waals surface area contributed by atoms with Crippen molar-refractivity contribution in [2.45, 2.75) is 57.4 Å². The third-order valence-electron chi connectivity index (χ3n) is 7.87. The molecule has 3 aliphatic rings. The van der Waals surface area contributed by atoms with Crippen LogP contribution in [-0.4, -0.2) is 79.1 Å². The number of hydrogen-bond acceptors (Lipinski definition) is 6. The number of aromatic nitrogens is 1. The van der Waals surface area contributed by atoms with Crippen molar-refractivity contribution in [1.82, 2.24) is 20.1 Å². The average Bonchev–Trinajstić information content (AvgIpc) is 3.37. The zero-order valence-electron chi connectivity index (χ0n) is 19.9. The lowest BCUT2D eigenvalue weighted by Gasteiger charge is -2.40. The van der Waals surface area contributed by atoms with Crippen LogP contribution in [0.1, 0.15) is 51.4 Å². The normalized spacial score (nSPS) is 23.8. The van der Waals surface area contributed by atoms with Gasteiger partial charge in [0.25, 0.3) is 0 Å². The minimum absolute atomic E-state index is 0.0646. The average molecular weight is 470 g/mol. The highest BCUT2D eigenvalue weighted by molar-refractivity contribution is 7.17. The number of piperidine rings is 3. The molecule has 2 aromatic rings. The smallest absolute Gasteiger partial charge is 0.224 e. The number of carbonyl (C=O) groups excluding carboxylic acids is 1. The maximum atomic E-state index is 12.9. The van der Waals surface area contributed by atoms with Gasteiger partial charge in [0.15, 0.2) is 0 Å². The van der Waals surface area contributed by atoms with Gasteiger partial charge < -0.3 is 20.0 Å². The lowest BCUT2D eigenvalue weighted by Crippen LogP contribution is -2.47. The molecule has 5 rings (SSSR count). The van der Waals surface area contributed by atoms with Crippen LogP contribution in [-0.2, 0) is 4.79 Å². The van der Waals surface area contributed by atoms with E-state index in [1.807, 2.05) is 6.20 Å². The molecule has 0 aromatic carbocycles. The van der Waals surface area contributed by atoms with E-state index >= 15 is 0 Å². The molecule has 3 saturated heterocycles. The number of nitrogens with zero attached hydrogens (tertiary/aromatic N) is 4. The third kappa shape index (κ3) is 5.69. The number of anilines is 1. The van der Waals surface area contributed by atoms with Crippen molar-refractivity contribution < 1.29 is 4.79 Å². The Hall–Kier alpha value is -1.70. The second kappa shape index (κ2) is 11.2. The molecular weight excluding hydrogens is 430 g/mol. The number of carbonyl (C=O) groups is 1. The van der Waals surface area contributed by atoms with Gasteiger partial charge in [0.05, 0.1) is 5.92 Å². The molecule has 1 amide bonds. The van der Waals surface area contributed by atoms with Crippen molar-refractivity contribution in [2.75, 3.05) is 57.3 Å². The molecule has 180 valence electrons. The van der Waals surface area contributed by atoms with E-state index in [9.17, 15) is 4.79 Å². The van der Waals surface area contributed by atoms with Crippen molar-refractivity contribution in [3.63, 3.8) is 0 Å². The van der Waals surface area contributed by atoms with Crippen LogP contribution in [0.3, 0.4) is 0 Å². The van der Waals surface area contributed by atoms with Crippen LogP contribution in [0.15, 0.2) is 23.7 Å². The molecule has 0 bridgehead atoms. The highest BCUT2D eigenvalue weighted by atomic mass is 32.1. The van der Waals surface area contributed by atoms with Crippen LogP contribution < -0.4 is 10.2 Å². The minimum Gasteiger partial charge on any atom is -0.356 e. The van der Waals surface area contributed by atoms with E-state index in [2.05, 4.69) is 42.5 Å². The number of rotatable bonds is 7. The number of amides is 1. The fourth-order valence-corrected chi connectivity index (χ4v) is 6.74. The first-order valence-electron chi connectivity index (χ1n) is 13.1. The molecular formula is C26H39N5OS. The summed E-state index contributed by atoms with van der Waals surface area (Å²) in [6.07, 6.45) is 11.8. The predicted molar refractivity (Wildman–Crippen MR) is 137 cm³/mol. The maximum Gasteiger partial charge on any atom is 0.224 e. The summed E-state index contributed by atoms with van der Waals surface area (Å²) in [6.45, 7) is 8.72. The van der Waals surface area contributed by atoms with E-state index in [0.717, 1.165) is 57.3 Å². The molecule has 3 fully saturated rings. The van der Waals surface area contributed by atoms with Gasteiger partial charge in [-0.3, -0.25) is 4.79 Å². The van der Waals surface area contributed by atoms with Crippen molar-refractivity contribution >= 4 is 33.1 Å². The number of likely N-dealkylation sites (tertiary alicyclic amines) is 2. The summed E-state index contributed by atoms with van der Waals surface area (Å²) in [6, 6.07) is 5.04. The first kappa shape index (κ1) is 23.1. The lowest BCUT2D eigenvalue weighted by atomic mass is 9.97. The fourth-order valence-electron chi connectivity index (χ4n) is 5.97. The van der Waals surface area contributed by atoms with Gasteiger partial charge >= 0.3 is 0 Å². The van der Waals surface area contributed by atoms with Crippen LogP contribution in [0.4, 0.5) is 5.82 Å². The van der Waals surface area contributed by atoms with Gasteiger partial charge in [-0.15, -0.1) is 11.3 Å². The van der Waals surface area contributed by atoms with E-state index in [-0.39, 0.29) is 11.8 Å². The monoisotopic (exact) mass is 469 g/mol. The molecule has 7 heteroatoms. The molecule has 0 spiro atoms. The van der Waals surface area contributed by atoms with Crippen molar-refractivity contribution in [3.8, 4) is 0 Å². The summed E-state index contributed by atoms with van der Waals surface area (Å²) in [5.74, 6) is 1.33. The van der Waals surface area contributed by atoms with Gasteiger partial charge in [0.1, 0.15) is 5.82 Å². The molecule has 1 unspecified atom stereocenters. The fraction of sp³-hybridized carbons (Fsp3) is 0.692.